The van der Waals surface area contributed by atoms with Crippen LogP contribution in [-0.2, 0) is 0 Å². The highest BCUT2D eigenvalue weighted by Gasteiger charge is 2.15. The maximum Gasteiger partial charge on any atom is 0.0943 e. The molecule has 0 saturated heterocycles. The molecule has 0 radical (unpaired) electrons. The average molecular weight is 279 g/mol. The predicted molar refractivity (Wildman–Crippen MR) is 88.8 cm³/mol. The summed E-state index contributed by atoms with van der Waals surface area (Å²) in [4.78, 5) is 4.75. The van der Waals surface area contributed by atoms with Gasteiger partial charge in [0, 0.05) is 11.1 Å². The van der Waals surface area contributed by atoms with Gasteiger partial charge >= 0.3 is 0 Å². The molecule has 0 aromatic heterocycles. The fraction of sp³-hybridized carbons (Fsp3) is 0.211. The second-order valence-electron chi connectivity index (χ2n) is 4.91. The lowest BCUT2D eigenvalue weighted by atomic mass is 10.0. The van der Waals surface area contributed by atoms with E-state index in [1.54, 1.807) is 6.08 Å². The summed E-state index contributed by atoms with van der Waals surface area (Å²) < 4.78 is 0. The van der Waals surface area contributed by atoms with Crippen molar-refractivity contribution in [3.8, 4) is 0 Å². The molecule has 2 aromatic rings. The number of aliphatic hydroxyl groups is 1. The van der Waals surface area contributed by atoms with Gasteiger partial charge in [-0.15, -0.1) is 6.58 Å². The Labute approximate surface area is 126 Å². The lowest BCUT2D eigenvalue weighted by Crippen LogP contribution is -2.23. The van der Waals surface area contributed by atoms with Crippen molar-refractivity contribution in [3.05, 3.63) is 84.4 Å². The van der Waals surface area contributed by atoms with Crippen LogP contribution in [0.15, 0.2) is 78.3 Å². The first-order valence-electron chi connectivity index (χ1n) is 7.25. The SMILES string of the molecule is C=C[C@@H](N=C(c1ccccc1)c1ccccc1)[C@@H](O)CC. The molecule has 0 aliphatic heterocycles. The quantitative estimate of drug-likeness (QED) is 0.632. The summed E-state index contributed by atoms with van der Waals surface area (Å²) in [6.45, 7) is 5.75. The van der Waals surface area contributed by atoms with Crippen molar-refractivity contribution in [2.75, 3.05) is 0 Å². The van der Waals surface area contributed by atoms with Crippen molar-refractivity contribution in [3.63, 3.8) is 0 Å². The molecule has 0 fully saturated rings. The molecular weight excluding hydrogens is 258 g/mol. The van der Waals surface area contributed by atoms with E-state index in [4.69, 9.17) is 4.99 Å². The third-order valence-corrected chi connectivity index (χ3v) is 3.43. The van der Waals surface area contributed by atoms with Gasteiger partial charge in [0.2, 0.25) is 0 Å². The second-order valence-corrected chi connectivity index (χ2v) is 4.91. The number of hydrogen-bond donors (Lipinski definition) is 1. The molecule has 1 N–H and O–H groups in total. The van der Waals surface area contributed by atoms with Gasteiger partial charge in [0.15, 0.2) is 0 Å². The Balaban J connectivity index is 2.48. The maximum absolute atomic E-state index is 10.1. The number of benzene rings is 2. The standard InChI is InChI=1S/C19H21NO/c1-3-17(18(21)4-2)20-19(15-11-7-5-8-12-15)16-13-9-6-10-14-16/h3,5-14,17-18,21H,1,4H2,2H3/t17-,18+/m1/s1. The van der Waals surface area contributed by atoms with Crippen molar-refractivity contribution in [2.24, 2.45) is 4.99 Å². The molecule has 2 rings (SSSR count). The van der Waals surface area contributed by atoms with Crippen molar-refractivity contribution < 1.29 is 5.11 Å². The van der Waals surface area contributed by atoms with Gasteiger partial charge in [-0.1, -0.05) is 73.7 Å². The van der Waals surface area contributed by atoms with Crippen LogP contribution in [0.5, 0.6) is 0 Å². The zero-order valence-electron chi connectivity index (χ0n) is 12.3. The minimum Gasteiger partial charge on any atom is -0.391 e. The Hall–Kier alpha value is -2.19. The van der Waals surface area contributed by atoms with Crippen LogP contribution < -0.4 is 0 Å². The Morgan fingerprint density at radius 2 is 1.52 bits per heavy atom. The van der Waals surface area contributed by atoms with Gasteiger partial charge in [-0.3, -0.25) is 4.99 Å². The summed E-state index contributed by atoms with van der Waals surface area (Å²) in [5.74, 6) is 0. The Kier molecular flexibility index (Phi) is 5.47. The summed E-state index contributed by atoms with van der Waals surface area (Å²) in [5, 5.41) is 10.1. The van der Waals surface area contributed by atoms with Gasteiger partial charge in [0.1, 0.15) is 0 Å². The normalized spacial score (nSPS) is 13.2. The van der Waals surface area contributed by atoms with E-state index in [9.17, 15) is 5.11 Å². The number of rotatable bonds is 6. The molecule has 2 nitrogen and oxygen atoms in total. The molecule has 0 spiro atoms. The van der Waals surface area contributed by atoms with Crippen LogP contribution in [0.4, 0.5) is 0 Å². The van der Waals surface area contributed by atoms with E-state index in [0.717, 1.165) is 16.8 Å². The minimum atomic E-state index is -0.509. The third-order valence-electron chi connectivity index (χ3n) is 3.43. The molecule has 0 aliphatic rings. The first kappa shape index (κ1) is 15.2. The Morgan fingerprint density at radius 1 is 1.05 bits per heavy atom. The number of aliphatic hydroxyl groups excluding tert-OH is 1. The first-order chi connectivity index (χ1) is 10.3. The minimum absolute atomic E-state index is 0.301. The zero-order chi connectivity index (χ0) is 15.1. The summed E-state index contributed by atoms with van der Waals surface area (Å²) in [6.07, 6.45) is 1.85. The van der Waals surface area contributed by atoms with E-state index < -0.39 is 6.10 Å². The van der Waals surface area contributed by atoms with E-state index >= 15 is 0 Å². The van der Waals surface area contributed by atoms with E-state index in [1.165, 1.54) is 0 Å². The maximum atomic E-state index is 10.1. The predicted octanol–water partition coefficient (Wildman–Crippen LogP) is 3.85. The molecular formula is C19H21NO. The molecule has 0 unspecified atom stereocenters. The van der Waals surface area contributed by atoms with E-state index in [1.807, 2.05) is 67.6 Å². The monoisotopic (exact) mass is 279 g/mol. The van der Waals surface area contributed by atoms with Crippen LogP contribution in [0.25, 0.3) is 0 Å². The lowest BCUT2D eigenvalue weighted by molar-refractivity contribution is 0.157. The fourth-order valence-electron chi connectivity index (χ4n) is 2.19. The number of aliphatic imine (C=N–C) groups is 1. The summed E-state index contributed by atoms with van der Waals surface area (Å²) in [7, 11) is 0. The van der Waals surface area contributed by atoms with Gasteiger partial charge in [0.05, 0.1) is 17.9 Å². The highest BCUT2D eigenvalue weighted by atomic mass is 16.3. The van der Waals surface area contributed by atoms with E-state index in [0.29, 0.717) is 6.42 Å². The molecule has 0 heterocycles. The molecule has 0 saturated carbocycles. The van der Waals surface area contributed by atoms with Crippen LogP contribution in [-0.4, -0.2) is 23.0 Å². The molecule has 21 heavy (non-hydrogen) atoms. The molecule has 2 aromatic carbocycles. The molecule has 0 aliphatic carbocycles. The van der Waals surface area contributed by atoms with E-state index in [2.05, 4.69) is 6.58 Å². The van der Waals surface area contributed by atoms with Crippen LogP contribution in [0.3, 0.4) is 0 Å². The van der Waals surface area contributed by atoms with E-state index in [-0.39, 0.29) is 6.04 Å². The molecule has 2 heteroatoms. The van der Waals surface area contributed by atoms with Crippen LogP contribution in [0.2, 0.25) is 0 Å². The summed E-state index contributed by atoms with van der Waals surface area (Å²) in [6, 6.07) is 19.8. The second kappa shape index (κ2) is 7.55. The van der Waals surface area contributed by atoms with Crippen molar-refractivity contribution >= 4 is 5.71 Å². The van der Waals surface area contributed by atoms with Crippen LogP contribution in [0.1, 0.15) is 24.5 Å². The smallest absolute Gasteiger partial charge is 0.0943 e. The fourth-order valence-corrected chi connectivity index (χ4v) is 2.19. The lowest BCUT2D eigenvalue weighted by Gasteiger charge is -2.17. The molecule has 108 valence electrons. The average Bonchev–Trinajstić information content (AvgIpc) is 2.57. The Bertz CT molecular complexity index is 548. The topological polar surface area (TPSA) is 32.6 Å². The molecule has 0 amide bonds. The summed E-state index contributed by atoms with van der Waals surface area (Å²) in [5.41, 5.74) is 2.96. The first-order valence-corrected chi connectivity index (χ1v) is 7.25. The molecule has 2 atom stereocenters. The van der Waals surface area contributed by atoms with Crippen molar-refractivity contribution in [1.29, 1.82) is 0 Å². The van der Waals surface area contributed by atoms with Gasteiger partial charge in [-0.2, -0.15) is 0 Å². The zero-order valence-corrected chi connectivity index (χ0v) is 12.3. The van der Waals surface area contributed by atoms with Gasteiger partial charge in [0.25, 0.3) is 0 Å². The third kappa shape index (κ3) is 3.89. The van der Waals surface area contributed by atoms with Crippen molar-refractivity contribution in [1.82, 2.24) is 0 Å². The highest BCUT2D eigenvalue weighted by molar-refractivity contribution is 6.13. The number of nitrogens with zero attached hydrogens (tertiary/aromatic N) is 1. The largest absolute Gasteiger partial charge is 0.391 e. The highest BCUT2D eigenvalue weighted by Crippen LogP contribution is 2.14. The van der Waals surface area contributed by atoms with Crippen LogP contribution in [0, 0.1) is 0 Å². The summed E-state index contributed by atoms with van der Waals surface area (Å²) >= 11 is 0. The van der Waals surface area contributed by atoms with Gasteiger partial charge in [-0.25, -0.2) is 0 Å². The Morgan fingerprint density at radius 3 is 1.90 bits per heavy atom. The molecule has 0 bridgehead atoms. The van der Waals surface area contributed by atoms with Gasteiger partial charge in [-0.05, 0) is 6.42 Å². The van der Waals surface area contributed by atoms with Gasteiger partial charge < -0.3 is 5.11 Å². The van der Waals surface area contributed by atoms with Crippen LogP contribution >= 0.6 is 0 Å². The number of hydrogen-bond acceptors (Lipinski definition) is 2. The van der Waals surface area contributed by atoms with Crippen molar-refractivity contribution in [2.45, 2.75) is 25.5 Å².